The Labute approximate surface area is 245 Å². The number of carbonyl (C=O) groups is 1. The first-order chi connectivity index (χ1) is 20.7. The van der Waals surface area contributed by atoms with E-state index in [1.807, 2.05) is 0 Å². The molecule has 4 aromatic rings. The van der Waals surface area contributed by atoms with Crippen LogP contribution < -0.4 is 11.1 Å². The maximum atomic E-state index is 14.6. The van der Waals surface area contributed by atoms with Gasteiger partial charge in [-0.25, -0.2) is 13.2 Å². The summed E-state index contributed by atoms with van der Waals surface area (Å²) in [4.78, 5) is 24.6. The maximum Gasteiger partial charge on any atom is 0.336 e. The van der Waals surface area contributed by atoms with Crippen molar-refractivity contribution in [2.45, 2.75) is 18.0 Å². The summed E-state index contributed by atoms with van der Waals surface area (Å²) in [7, 11) is -4.42. The van der Waals surface area contributed by atoms with Crippen LogP contribution in [0.1, 0.15) is 21.7 Å². The van der Waals surface area contributed by atoms with Crippen LogP contribution in [0.25, 0.3) is 33.4 Å². The molecule has 1 aliphatic heterocycles. The molecule has 0 saturated carbocycles. The number of aromatic carboxylic acids is 1. The standard InChI is InChI=1S/C31H24N6O5S/c32-19-8-9-24-27(15-19)42-29-25(28(24)22-6-1-2-7-23(22)31(38)39)10-11-26(33)30(29)43(40,41)37(17-20-5-3-4-12-35-20)18-21-16-34-13-14-36-21/h1-16,32H,17-18,33H2,(H,38,39). The number of nitrogens with zero attached hydrogens (tertiary/aromatic N) is 4. The number of nitrogens with two attached hydrogens (primary N) is 1. The first-order valence-corrected chi connectivity index (χ1v) is 14.5. The van der Waals surface area contributed by atoms with Gasteiger partial charge in [-0.05, 0) is 48.0 Å². The van der Waals surface area contributed by atoms with Gasteiger partial charge in [0.05, 0.1) is 41.1 Å². The first kappa shape index (κ1) is 27.7. The van der Waals surface area contributed by atoms with E-state index < -0.39 is 16.0 Å². The Morgan fingerprint density at radius 1 is 0.907 bits per heavy atom. The number of nitrogen functional groups attached to an aromatic ring is 1. The predicted octanol–water partition coefficient (Wildman–Crippen LogP) is 4.54. The molecule has 11 nitrogen and oxygen atoms in total. The lowest BCUT2D eigenvalue weighted by atomic mass is 9.90. The Bertz CT molecular complexity index is 2080. The van der Waals surface area contributed by atoms with Gasteiger partial charge in [0.15, 0.2) is 5.58 Å². The minimum Gasteiger partial charge on any atom is -0.478 e. The zero-order chi connectivity index (χ0) is 30.1. The Morgan fingerprint density at radius 2 is 1.67 bits per heavy atom. The lowest BCUT2D eigenvalue weighted by molar-refractivity contribution is 0.0697. The molecule has 4 N–H and O–H groups in total. The number of aromatic nitrogens is 3. The second-order valence-electron chi connectivity index (χ2n) is 9.69. The van der Waals surface area contributed by atoms with Crippen molar-refractivity contribution in [1.82, 2.24) is 19.3 Å². The number of benzene rings is 3. The highest BCUT2D eigenvalue weighted by Gasteiger charge is 2.33. The van der Waals surface area contributed by atoms with Gasteiger partial charge in [-0.2, -0.15) is 4.31 Å². The Balaban J connectivity index is 1.65. The minimum atomic E-state index is -4.42. The van der Waals surface area contributed by atoms with Crippen LogP contribution in [0.5, 0.6) is 0 Å². The highest BCUT2D eigenvalue weighted by atomic mass is 32.2. The molecular formula is C31H24N6O5S. The molecule has 6 rings (SSSR count). The summed E-state index contributed by atoms with van der Waals surface area (Å²) in [6.45, 7) is -0.240. The van der Waals surface area contributed by atoms with Crippen molar-refractivity contribution in [3.8, 4) is 22.5 Å². The number of anilines is 1. The maximum absolute atomic E-state index is 14.6. The van der Waals surface area contributed by atoms with Crippen LogP contribution in [0.15, 0.2) is 107 Å². The molecule has 0 amide bonds. The second-order valence-corrected chi connectivity index (χ2v) is 11.6. The largest absolute Gasteiger partial charge is 0.478 e. The molecule has 12 heteroatoms. The van der Waals surface area contributed by atoms with Gasteiger partial charge in [0.25, 0.3) is 0 Å². The minimum absolute atomic E-state index is 0.0203. The number of rotatable bonds is 8. The number of hydrogen-bond donors (Lipinski definition) is 3. The predicted molar refractivity (Wildman–Crippen MR) is 158 cm³/mol. The first-order valence-electron chi connectivity index (χ1n) is 13.1. The molecule has 0 bridgehead atoms. The van der Waals surface area contributed by atoms with Crippen molar-refractivity contribution in [1.29, 1.82) is 5.41 Å². The molecule has 0 atom stereocenters. The number of pyridine rings is 1. The lowest BCUT2D eigenvalue weighted by Crippen LogP contribution is -2.31. The number of fused-ring (bicyclic) bond motifs is 2. The van der Waals surface area contributed by atoms with Gasteiger partial charge in [0.2, 0.25) is 10.0 Å². The molecule has 0 spiro atoms. The Kier molecular flexibility index (Phi) is 7.14. The van der Waals surface area contributed by atoms with Gasteiger partial charge in [0, 0.05) is 47.4 Å². The molecule has 3 heterocycles. The molecule has 2 aliphatic rings. The van der Waals surface area contributed by atoms with Crippen molar-refractivity contribution < 1.29 is 22.7 Å². The van der Waals surface area contributed by atoms with Crippen molar-refractivity contribution in [3.05, 3.63) is 120 Å². The van der Waals surface area contributed by atoms with E-state index in [9.17, 15) is 18.3 Å². The molecule has 1 aliphatic carbocycles. The third-order valence-corrected chi connectivity index (χ3v) is 8.79. The monoisotopic (exact) mass is 592 g/mol. The fourth-order valence-electron chi connectivity index (χ4n) is 5.01. The molecule has 214 valence electrons. The molecule has 0 unspecified atom stereocenters. The van der Waals surface area contributed by atoms with Gasteiger partial charge in [-0.1, -0.05) is 24.3 Å². The van der Waals surface area contributed by atoms with Crippen LogP contribution in [0.3, 0.4) is 0 Å². The summed E-state index contributed by atoms with van der Waals surface area (Å²) in [5, 5.41) is 18.6. The zero-order valence-electron chi connectivity index (χ0n) is 22.5. The van der Waals surface area contributed by atoms with Crippen LogP contribution in [0.4, 0.5) is 5.69 Å². The lowest BCUT2D eigenvalue weighted by Gasteiger charge is -2.24. The number of hydrogen-bond acceptors (Lipinski definition) is 9. The Morgan fingerprint density at radius 3 is 2.42 bits per heavy atom. The van der Waals surface area contributed by atoms with Gasteiger partial charge in [-0.3, -0.25) is 15.0 Å². The summed E-state index contributed by atoms with van der Waals surface area (Å²) in [5.41, 5.74) is 8.48. The van der Waals surface area contributed by atoms with E-state index in [2.05, 4.69) is 15.0 Å². The smallest absolute Gasteiger partial charge is 0.336 e. The molecule has 2 aromatic heterocycles. The van der Waals surface area contributed by atoms with Crippen LogP contribution in [0.2, 0.25) is 0 Å². The molecular weight excluding hydrogens is 568 g/mol. The highest BCUT2D eigenvalue weighted by Crippen LogP contribution is 2.44. The fraction of sp³-hybridized carbons (Fsp3) is 0.0645. The van der Waals surface area contributed by atoms with Crippen molar-refractivity contribution in [3.63, 3.8) is 0 Å². The molecule has 43 heavy (non-hydrogen) atoms. The molecule has 0 saturated heterocycles. The summed E-state index contributed by atoms with van der Waals surface area (Å²) in [6.07, 6.45) is 6.01. The van der Waals surface area contributed by atoms with Crippen LogP contribution in [0, 0.1) is 5.41 Å². The van der Waals surface area contributed by atoms with E-state index in [1.54, 1.807) is 60.8 Å². The fourth-order valence-corrected chi connectivity index (χ4v) is 6.62. The Hall–Kier alpha value is -5.46. The average molecular weight is 593 g/mol. The van der Waals surface area contributed by atoms with Gasteiger partial charge < -0.3 is 20.7 Å². The molecule has 2 aromatic carbocycles. The SMILES string of the molecule is N=c1ccc2c(-c3ccccc3C(=O)O)c3ccc(N)c(S(=O)(=O)N(Cc4ccccn4)Cc4cnccn4)c3oc-2c1. The van der Waals surface area contributed by atoms with Crippen LogP contribution >= 0.6 is 0 Å². The van der Waals surface area contributed by atoms with Gasteiger partial charge in [0.1, 0.15) is 10.7 Å². The summed E-state index contributed by atoms with van der Waals surface area (Å²) in [5.74, 6) is -0.953. The molecule has 0 radical (unpaired) electrons. The number of carboxylic acid groups (broad SMARTS) is 1. The van der Waals surface area contributed by atoms with Gasteiger partial charge in [-0.15, -0.1) is 0 Å². The normalized spacial score (nSPS) is 11.7. The van der Waals surface area contributed by atoms with Gasteiger partial charge >= 0.3 is 5.97 Å². The van der Waals surface area contributed by atoms with E-state index in [1.165, 1.54) is 41.1 Å². The van der Waals surface area contributed by atoms with Crippen LogP contribution in [-0.2, 0) is 23.1 Å². The van der Waals surface area contributed by atoms with E-state index in [4.69, 9.17) is 15.6 Å². The van der Waals surface area contributed by atoms with Crippen molar-refractivity contribution in [2.75, 3.05) is 5.73 Å². The van der Waals surface area contributed by atoms with E-state index in [-0.39, 0.29) is 45.9 Å². The number of sulfonamides is 1. The third-order valence-electron chi connectivity index (χ3n) is 6.92. The van der Waals surface area contributed by atoms with Crippen molar-refractivity contribution in [2.24, 2.45) is 0 Å². The van der Waals surface area contributed by atoms with E-state index in [0.717, 1.165) is 0 Å². The molecule has 0 fully saturated rings. The van der Waals surface area contributed by atoms with Crippen molar-refractivity contribution >= 4 is 32.6 Å². The summed E-state index contributed by atoms with van der Waals surface area (Å²) < 4.78 is 36.6. The number of carboxylic acids is 1. The topological polar surface area (TPSA) is 176 Å². The van der Waals surface area contributed by atoms with Crippen LogP contribution in [-0.4, -0.2) is 38.8 Å². The quantitative estimate of drug-likeness (QED) is 0.169. The highest BCUT2D eigenvalue weighted by molar-refractivity contribution is 7.89. The zero-order valence-corrected chi connectivity index (χ0v) is 23.3. The number of nitrogens with one attached hydrogen (secondary N) is 1. The van der Waals surface area contributed by atoms with E-state index in [0.29, 0.717) is 33.5 Å². The van der Waals surface area contributed by atoms with E-state index >= 15 is 0 Å². The summed E-state index contributed by atoms with van der Waals surface area (Å²) >= 11 is 0. The second kappa shape index (κ2) is 11.1. The summed E-state index contributed by atoms with van der Waals surface area (Å²) in [6, 6.07) is 19.4. The third kappa shape index (κ3) is 5.20. The average Bonchev–Trinajstić information content (AvgIpc) is 3.00.